The second kappa shape index (κ2) is 5.84. The third-order valence-electron chi connectivity index (χ3n) is 4.26. The number of nitrogens with one attached hydrogen (secondary N) is 1. The fourth-order valence-corrected chi connectivity index (χ4v) is 2.95. The number of rotatable bonds is 3. The topological polar surface area (TPSA) is 37.8 Å². The van der Waals surface area contributed by atoms with Gasteiger partial charge in [0.1, 0.15) is 5.82 Å². The molecule has 1 heterocycles. The van der Waals surface area contributed by atoms with Crippen LogP contribution in [0, 0.1) is 0 Å². The van der Waals surface area contributed by atoms with Gasteiger partial charge in [-0.3, -0.25) is 0 Å². The monoisotopic (exact) mass is 281 g/mol. The zero-order valence-corrected chi connectivity index (χ0v) is 13.1. The van der Waals surface area contributed by atoms with Crippen molar-refractivity contribution in [2.75, 3.05) is 12.4 Å². The summed E-state index contributed by atoms with van der Waals surface area (Å²) in [6.07, 6.45) is 4.65. The summed E-state index contributed by atoms with van der Waals surface area (Å²) in [6, 6.07) is 8.64. The molecule has 0 atom stereocenters. The number of nitrogens with zero attached hydrogens (tertiary/aromatic N) is 2. The van der Waals surface area contributed by atoms with Crippen molar-refractivity contribution in [1.82, 2.24) is 9.97 Å². The van der Waals surface area contributed by atoms with Gasteiger partial charge in [-0.1, -0.05) is 38.1 Å². The SMILES string of the molecule is CNc1nc(-c2ccc(C(C)C)cc2)nc2c1CCCC2. The van der Waals surface area contributed by atoms with Crippen molar-refractivity contribution < 1.29 is 0 Å². The molecule has 21 heavy (non-hydrogen) atoms. The summed E-state index contributed by atoms with van der Waals surface area (Å²) in [5, 5.41) is 3.24. The average molecular weight is 281 g/mol. The Morgan fingerprint density at radius 1 is 1.00 bits per heavy atom. The Bertz CT molecular complexity index is 612. The molecule has 1 aliphatic rings. The quantitative estimate of drug-likeness (QED) is 0.916. The molecule has 2 aromatic rings. The van der Waals surface area contributed by atoms with Crippen LogP contribution in [-0.2, 0) is 12.8 Å². The normalized spacial score (nSPS) is 14.1. The Kier molecular flexibility index (Phi) is 3.91. The molecule has 0 spiro atoms. The van der Waals surface area contributed by atoms with E-state index < -0.39 is 0 Å². The van der Waals surface area contributed by atoms with E-state index in [0.29, 0.717) is 5.92 Å². The molecule has 0 fully saturated rings. The van der Waals surface area contributed by atoms with Gasteiger partial charge in [0.2, 0.25) is 0 Å². The molecule has 0 aliphatic heterocycles. The highest BCUT2D eigenvalue weighted by Gasteiger charge is 2.17. The maximum absolute atomic E-state index is 4.82. The van der Waals surface area contributed by atoms with Gasteiger partial charge in [0.05, 0.1) is 0 Å². The van der Waals surface area contributed by atoms with Crippen LogP contribution in [0.4, 0.5) is 5.82 Å². The Morgan fingerprint density at radius 3 is 2.38 bits per heavy atom. The third-order valence-corrected chi connectivity index (χ3v) is 4.26. The molecular formula is C18H23N3. The van der Waals surface area contributed by atoms with E-state index >= 15 is 0 Å². The van der Waals surface area contributed by atoms with E-state index in [0.717, 1.165) is 30.0 Å². The van der Waals surface area contributed by atoms with Crippen molar-refractivity contribution >= 4 is 5.82 Å². The van der Waals surface area contributed by atoms with Crippen LogP contribution >= 0.6 is 0 Å². The van der Waals surface area contributed by atoms with Gasteiger partial charge in [-0.25, -0.2) is 9.97 Å². The van der Waals surface area contributed by atoms with Crippen LogP contribution in [0.2, 0.25) is 0 Å². The Hall–Kier alpha value is -1.90. The van der Waals surface area contributed by atoms with E-state index in [9.17, 15) is 0 Å². The van der Waals surface area contributed by atoms with Crippen molar-refractivity contribution in [3.05, 3.63) is 41.1 Å². The maximum Gasteiger partial charge on any atom is 0.161 e. The van der Waals surface area contributed by atoms with Gasteiger partial charge in [-0.2, -0.15) is 0 Å². The Balaban J connectivity index is 2.02. The summed E-state index contributed by atoms with van der Waals surface area (Å²) in [7, 11) is 1.95. The molecule has 3 nitrogen and oxygen atoms in total. The average Bonchev–Trinajstić information content (AvgIpc) is 2.53. The Morgan fingerprint density at radius 2 is 1.71 bits per heavy atom. The smallest absolute Gasteiger partial charge is 0.161 e. The van der Waals surface area contributed by atoms with Gasteiger partial charge in [-0.05, 0) is 37.2 Å². The molecule has 0 unspecified atom stereocenters. The zero-order chi connectivity index (χ0) is 14.8. The molecule has 3 heteroatoms. The summed E-state index contributed by atoms with van der Waals surface area (Å²) in [5.74, 6) is 2.40. The number of hydrogen-bond acceptors (Lipinski definition) is 3. The minimum absolute atomic E-state index is 0.552. The van der Waals surface area contributed by atoms with E-state index in [-0.39, 0.29) is 0 Å². The first-order valence-electron chi connectivity index (χ1n) is 7.87. The largest absolute Gasteiger partial charge is 0.373 e. The number of hydrogen-bond donors (Lipinski definition) is 1. The summed E-state index contributed by atoms with van der Waals surface area (Å²) >= 11 is 0. The van der Waals surface area contributed by atoms with E-state index in [2.05, 4.69) is 43.4 Å². The third kappa shape index (κ3) is 2.78. The molecular weight excluding hydrogens is 258 g/mol. The molecule has 1 aromatic heterocycles. The van der Waals surface area contributed by atoms with Gasteiger partial charge in [-0.15, -0.1) is 0 Å². The highest BCUT2D eigenvalue weighted by molar-refractivity contribution is 5.60. The number of aromatic nitrogens is 2. The van der Waals surface area contributed by atoms with E-state index in [1.807, 2.05) is 7.05 Å². The fraction of sp³-hybridized carbons (Fsp3) is 0.444. The Labute approximate surface area is 126 Å². The summed E-state index contributed by atoms with van der Waals surface area (Å²) in [5.41, 5.74) is 4.99. The van der Waals surface area contributed by atoms with Crippen molar-refractivity contribution in [2.45, 2.75) is 45.4 Å². The lowest BCUT2D eigenvalue weighted by atomic mass is 9.96. The van der Waals surface area contributed by atoms with Gasteiger partial charge in [0.15, 0.2) is 5.82 Å². The van der Waals surface area contributed by atoms with Crippen molar-refractivity contribution in [1.29, 1.82) is 0 Å². The molecule has 110 valence electrons. The van der Waals surface area contributed by atoms with Gasteiger partial charge in [0, 0.05) is 23.9 Å². The number of fused-ring (bicyclic) bond motifs is 1. The second-order valence-corrected chi connectivity index (χ2v) is 6.05. The van der Waals surface area contributed by atoms with Crippen LogP contribution in [0.15, 0.2) is 24.3 Å². The fourth-order valence-electron chi connectivity index (χ4n) is 2.95. The molecule has 0 saturated carbocycles. The second-order valence-electron chi connectivity index (χ2n) is 6.05. The molecule has 0 saturated heterocycles. The van der Waals surface area contributed by atoms with E-state index in [4.69, 9.17) is 9.97 Å². The molecule has 3 rings (SSSR count). The van der Waals surface area contributed by atoms with E-state index in [1.54, 1.807) is 0 Å². The first-order chi connectivity index (χ1) is 10.2. The van der Waals surface area contributed by atoms with Crippen LogP contribution in [0.1, 0.15) is 49.4 Å². The molecule has 0 radical (unpaired) electrons. The summed E-state index contributed by atoms with van der Waals surface area (Å²) in [4.78, 5) is 9.54. The van der Waals surface area contributed by atoms with Crippen LogP contribution in [0.5, 0.6) is 0 Å². The van der Waals surface area contributed by atoms with Gasteiger partial charge < -0.3 is 5.32 Å². The van der Waals surface area contributed by atoms with Crippen molar-refractivity contribution in [2.24, 2.45) is 0 Å². The number of aryl methyl sites for hydroxylation is 1. The predicted octanol–water partition coefficient (Wildman–Crippen LogP) is 4.19. The van der Waals surface area contributed by atoms with Crippen molar-refractivity contribution in [3.63, 3.8) is 0 Å². The van der Waals surface area contributed by atoms with Crippen molar-refractivity contribution in [3.8, 4) is 11.4 Å². The molecule has 1 N–H and O–H groups in total. The highest BCUT2D eigenvalue weighted by atomic mass is 15.0. The molecule has 0 amide bonds. The van der Waals surface area contributed by atoms with Crippen LogP contribution < -0.4 is 5.32 Å². The van der Waals surface area contributed by atoms with Gasteiger partial charge >= 0.3 is 0 Å². The summed E-state index contributed by atoms with van der Waals surface area (Å²) < 4.78 is 0. The maximum atomic E-state index is 4.82. The lowest BCUT2D eigenvalue weighted by molar-refractivity contribution is 0.665. The predicted molar refractivity (Wildman–Crippen MR) is 87.7 cm³/mol. The first kappa shape index (κ1) is 14.1. The summed E-state index contributed by atoms with van der Waals surface area (Å²) in [6.45, 7) is 4.42. The van der Waals surface area contributed by atoms with Crippen LogP contribution in [0.3, 0.4) is 0 Å². The van der Waals surface area contributed by atoms with Gasteiger partial charge in [0.25, 0.3) is 0 Å². The minimum atomic E-state index is 0.552. The number of anilines is 1. The number of benzene rings is 1. The zero-order valence-electron chi connectivity index (χ0n) is 13.1. The lowest BCUT2D eigenvalue weighted by Crippen LogP contribution is -2.11. The highest BCUT2D eigenvalue weighted by Crippen LogP contribution is 2.28. The molecule has 0 bridgehead atoms. The lowest BCUT2D eigenvalue weighted by Gasteiger charge is -2.19. The van der Waals surface area contributed by atoms with Crippen LogP contribution in [0.25, 0.3) is 11.4 Å². The first-order valence-corrected chi connectivity index (χ1v) is 7.87. The van der Waals surface area contributed by atoms with E-state index in [1.165, 1.54) is 29.7 Å². The van der Waals surface area contributed by atoms with Crippen LogP contribution in [-0.4, -0.2) is 17.0 Å². The molecule has 1 aromatic carbocycles. The standard InChI is InChI=1S/C18H23N3/c1-12(2)13-8-10-14(11-9-13)17-20-16-7-5-4-6-15(16)18(19-3)21-17/h8-12H,4-7H2,1-3H3,(H,19,20,21). The molecule has 1 aliphatic carbocycles. The minimum Gasteiger partial charge on any atom is -0.373 e.